The summed E-state index contributed by atoms with van der Waals surface area (Å²) >= 11 is 12.6. The van der Waals surface area contributed by atoms with Crippen LogP contribution in [0.2, 0.25) is 10.0 Å². The molecular formula is C33H30Cl2F2N4O4. The Kier molecular flexibility index (Phi) is 7.49. The zero-order valence-electron chi connectivity index (χ0n) is 24.5. The van der Waals surface area contributed by atoms with Crippen LogP contribution >= 0.6 is 23.2 Å². The highest BCUT2D eigenvalue weighted by Gasteiger charge is 2.62. The first kappa shape index (κ1) is 30.0. The van der Waals surface area contributed by atoms with Gasteiger partial charge in [0.2, 0.25) is 11.8 Å². The number of rotatable bonds is 6. The first-order chi connectivity index (χ1) is 21.6. The molecule has 234 valence electrons. The second-order valence-electron chi connectivity index (χ2n) is 12.2. The van der Waals surface area contributed by atoms with Gasteiger partial charge in [-0.05, 0) is 67.6 Å². The largest absolute Gasteiger partial charge is 0.476 e. The summed E-state index contributed by atoms with van der Waals surface area (Å²) in [6.07, 6.45) is 2.07. The summed E-state index contributed by atoms with van der Waals surface area (Å²) in [5.74, 6) is -2.77. The van der Waals surface area contributed by atoms with Gasteiger partial charge in [0.05, 0.1) is 34.6 Å². The highest BCUT2D eigenvalue weighted by atomic mass is 35.5. The molecule has 0 bridgehead atoms. The van der Waals surface area contributed by atoms with Gasteiger partial charge in [0.1, 0.15) is 23.8 Å². The SMILES string of the molecule is COC(=O)c1cc2nn3c(c2cc1F)OC[C@H]1[C@@H](C3)[C@H](c2cccc(Cl)c2F)[C@](C)(C(=O)Nc2cccc(Cl)c2)N1CC1CC1. The average Bonchev–Trinajstić information content (AvgIpc) is 3.76. The lowest BCUT2D eigenvalue weighted by atomic mass is 9.74. The van der Waals surface area contributed by atoms with E-state index in [9.17, 15) is 9.59 Å². The van der Waals surface area contributed by atoms with E-state index in [-0.39, 0.29) is 41.6 Å². The van der Waals surface area contributed by atoms with Gasteiger partial charge in [-0.1, -0.05) is 41.4 Å². The van der Waals surface area contributed by atoms with Gasteiger partial charge in [-0.3, -0.25) is 9.69 Å². The molecule has 0 unspecified atom stereocenters. The zero-order chi connectivity index (χ0) is 31.6. The maximum absolute atomic E-state index is 16.0. The van der Waals surface area contributed by atoms with Gasteiger partial charge in [-0.2, -0.15) is 5.10 Å². The standard InChI is InChI=1S/C33H30Cl2F2N4O4/c1-33(32(43)38-19-6-3-5-18(34)11-19)28(20-7-4-8-24(35)29(20)37)23-15-41-30(45-16-27(23)40(33)14-17-9-10-17)22-12-25(36)21(31(42)44-2)13-26(22)39-41/h3-8,11-13,17,23,27-28H,9-10,14-16H2,1-2H3,(H,38,43)/t23-,27+,28+,33-/m1/s1. The van der Waals surface area contributed by atoms with Crippen LogP contribution < -0.4 is 10.1 Å². The molecule has 0 radical (unpaired) electrons. The number of aromatic nitrogens is 2. The van der Waals surface area contributed by atoms with E-state index in [0.29, 0.717) is 45.5 Å². The van der Waals surface area contributed by atoms with Crippen LogP contribution in [0.5, 0.6) is 5.88 Å². The van der Waals surface area contributed by atoms with Crippen LogP contribution in [0.1, 0.15) is 41.6 Å². The summed E-state index contributed by atoms with van der Waals surface area (Å²) in [4.78, 5) is 28.9. The van der Waals surface area contributed by atoms with Crippen molar-refractivity contribution < 1.29 is 27.8 Å². The van der Waals surface area contributed by atoms with Gasteiger partial charge in [0.25, 0.3) is 0 Å². The van der Waals surface area contributed by atoms with E-state index in [1.54, 1.807) is 41.1 Å². The molecule has 4 atom stereocenters. The number of hydrogen-bond acceptors (Lipinski definition) is 6. The molecule has 1 amide bonds. The predicted octanol–water partition coefficient (Wildman–Crippen LogP) is 6.69. The van der Waals surface area contributed by atoms with Crippen molar-refractivity contribution in [2.75, 3.05) is 25.6 Å². The number of anilines is 1. The number of carbonyl (C=O) groups is 2. The lowest BCUT2D eigenvalue weighted by molar-refractivity contribution is -0.127. The molecule has 4 aromatic rings. The molecule has 1 saturated carbocycles. The summed E-state index contributed by atoms with van der Waals surface area (Å²) in [7, 11) is 1.18. The molecule has 3 aromatic carbocycles. The van der Waals surface area contributed by atoms with Crippen molar-refractivity contribution in [1.82, 2.24) is 14.7 Å². The molecule has 7 rings (SSSR count). The molecule has 1 N–H and O–H groups in total. The Morgan fingerprint density at radius 3 is 2.64 bits per heavy atom. The first-order valence-electron chi connectivity index (χ1n) is 14.8. The van der Waals surface area contributed by atoms with Crippen LogP contribution in [0.15, 0.2) is 54.6 Å². The van der Waals surface area contributed by atoms with Gasteiger partial charge >= 0.3 is 5.97 Å². The zero-order valence-corrected chi connectivity index (χ0v) is 26.0. The third-order valence-corrected chi connectivity index (χ3v) is 10.0. The van der Waals surface area contributed by atoms with E-state index in [4.69, 9.17) is 37.8 Å². The molecule has 1 saturated heterocycles. The normalized spacial score (nSPS) is 24.4. The Hall–Kier alpha value is -3.73. The lowest BCUT2D eigenvalue weighted by Gasteiger charge is -2.40. The summed E-state index contributed by atoms with van der Waals surface area (Å²) in [6.45, 7) is 2.86. The summed E-state index contributed by atoms with van der Waals surface area (Å²) in [5.41, 5.74) is -0.276. The second kappa shape index (κ2) is 11.3. The van der Waals surface area contributed by atoms with Gasteiger partial charge in [0, 0.05) is 35.6 Å². The van der Waals surface area contributed by atoms with Crippen molar-refractivity contribution in [3.63, 3.8) is 0 Å². The predicted molar refractivity (Wildman–Crippen MR) is 166 cm³/mol. The minimum Gasteiger partial charge on any atom is -0.476 e. The number of likely N-dealkylation sites (tertiary alicyclic amines) is 1. The maximum Gasteiger partial charge on any atom is 0.340 e. The van der Waals surface area contributed by atoms with E-state index in [0.717, 1.165) is 12.8 Å². The molecule has 3 heterocycles. The first-order valence-corrected chi connectivity index (χ1v) is 15.5. The summed E-state index contributed by atoms with van der Waals surface area (Å²) in [6, 6.07) is 14.0. The van der Waals surface area contributed by atoms with Crippen molar-refractivity contribution in [1.29, 1.82) is 0 Å². The topological polar surface area (TPSA) is 85.7 Å². The fraction of sp³-hybridized carbons (Fsp3) is 0.364. The molecule has 3 aliphatic rings. The Morgan fingerprint density at radius 2 is 1.91 bits per heavy atom. The molecule has 2 aliphatic heterocycles. The number of carbonyl (C=O) groups excluding carboxylic acids is 2. The van der Waals surface area contributed by atoms with Gasteiger partial charge in [-0.25, -0.2) is 18.3 Å². The number of ether oxygens (including phenoxy) is 2. The van der Waals surface area contributed by atoms with Crippen LogP contribution in [0.3, 0.4) is 0 Å². The second-order valence-corrected chi connectivity index (χ2v) is 13.0. The Bertz CT molecular complexity index is 1850. The molecule has 8 nitrogen and oxygen atoms in total. The van der Waals surface area contributed by atoms with Crippen molar-refractivity contribution in [2.24, 2.45) is 11.8 Å². The van der Waals surface area contributed by atoms with Crippen LogP contribution in [0.25, 0.3) is 10.9 Å². The minimum absolute atomic E-state index is 0.0384. The average molecular weight is 656 g/mol. The van der Waals surface area contributed by atoms with Crippen molar-refractivity contribution in [3.8, 4) is 5.88 Å². The van der Waals surface area contributed by atoms with Gasteiger partial charge in [0.15, 0.2) is 0 Å². The van der Waals surface area contributed by atoms with Crippen molar-refractivity contribution in [3.05, 3.63) is 87.4 Å². The number of amides is 1. The smallest absolute Gasteiger partial charge is 0.340 e. The van der Waals surface area contributed by atoms with Crippen LogP contribution in [0.4, 0.5) is 14.5 Å². The van der Waals surface area contributed by atoms with E-state index in [1.807, 2.05) is 6.92 Å². The van der Waals surface area contributed by atoms with E-state index >= 15 is 8.78 Å². The number of nitrogens with zero attached hydrogens (tertiary/aromatic N) is 3. The fourth-order valence-electron chi connectivity index (χ4n) is 7.16. The minimum atomic E-state index is -1.23. The molecule has 1 aromatic heterocycles. The fourth-order valence-corrected chi connectivity index (χ4v) is 7.54. The van der Waals surface area contributed by atoms with Gasteiger partial charge in [-0.15, -0.1) is 0 Å². The van der Waals surface area contributed by atoms with E-state index < -0.39 is 29.1 Å². The monoisotopic (exact) mass is 654 g/mol. The summed E-state index contributed by atoms with van der Waals surface area (Å²) < 4.78 is 43.8. The molecule has 0 spiro atoms. The lowest BCUT2D eigenvalue weighted by Crippen LogP contribution is -2.57. The Morgan fingerprint density at radius 1 is 1.13 bits per heavy atom. The number of methoxy groups -OCH3 is 1. The number of esters is 1. The maximum atomic E-state index is 16.0. The third-order valence-electron chi connectivity index (χ3n) is 9.49. The number of fused-ring (bicyclic) bond motifs is 4. The molecule has 45 heavy (non-hydrogen) atoms. The van der Waals surface area contributed by atoms with Crippen molar-refractivity contribution >= 4 is 51.7 Å². The molecule has 2 fully saturated rings. The number of benzene rings is 3. The van der Waals surface area contributed by atoms with E-state index in [2.05, 4.69) is 10.2 Å². The molecule has 1 aliphatic carbocycles. The van der Waals surface area contributed by atoms with Crippen LogP contribution in [-0.2, 0) is 16.1 Å². The number of halogens is 4. The van der Waals surface area contributed by atoms with Gasteiger partial charge < -0.3 is 14.8 Å². The number of nitrogens with one attached hydrogen (secondary N) is 1. The Balaban J connectivity index is 1.37. The highest BCUT2D eigenvalue weighted by Crippen LogP contribution is 2.54. The third kappa shape index (κ3) is 5.03. The van der Waals surface area contributed by atoms with Crippen LogP contribution in [-0.4, -0.2) is 58.4 Å². The van der Waals surface area contributed by atoms with E-state index in [1.165, 1.54) is 25.3 Å². The van der Waals surface area contributed by atoms with Crippen molar-refractivity contribution in [2.45, 2.75) is 43.8 Å². The molecule has 12 heteroatoms. The quantitative estimate of drug-likeness (QED) is 0.233. The molecular weight excluding hydrogens is 625 g/mol. The summed E-state index contributed by atoms with van der Waals surface area (Å²) in [5, 5.41) is 8.58. The highest BCUT2D eigenvalue weighted by molar-refractivity contribution is 6.31. The number of hydrogen-bond donors (Lipinski definition) is 1. The Labute approximate surface area is 268 Å². The van der Waals surface area contributed by atoms with Crippen LogP contribution in [0, 0.1) is 23.5 Å².